The third-order valence-corrected chi connectivity index (χ3v) is 5.60. The predicted octanol–water partition coefficient (Wildman–Crippen LogP) is 6.58. The van der Waals surface area contributed by atoms with Crippen LogP contribution in [0.4, 0.5) is 17.6 Å². The van der Waals surface area contributed by atoms with E-state index < -0.39 is 17.9 Å². The Morgan fingerprint density at radius 1 is 0.958 bits per heavy atom. The molecule has 0 aromatic rings. The van der Waals surface area contributed by atoms with Crippen molar-refractivity contribution >= 4 is 0 Å². The van der Waals surface area contributed by atoms with Crippen molar-refractivity contribution in [1.29, 1.82) is 0 Å². The Balaban J connectivity index is 1.64. The first-order chi connectivity index (χ1) is 11.4. The van der Waals surface area contributed by atoms with E-state index in [1.807, 2.05) is 0 Å². The minimum atomic E-state index is -4.55. The van der Waals surface area contributed by atoms with Crippen LogP contribution in [0.5, 0.6) is 0 Å². The molecule has 0 aromatic carbocycles. The molecule has 1 heterocycles. The summed E-state index contributed by atoms with van der Waals surface area (Å²) in [5.74, 6) is -0.302. The average molecular weight is 350 g/mol. The van der Waals surface area contributed by atoms with E-state index in [0.717, 1.165) is 38.7 Å². The van der Waals surface area contributed by atoms with Gasteiger partial charge in [-0.1, -0.05) is 13.3 Å². The Labute approximate surface area is 142 Å². The molecule has 2 rings (SSSR count). The fraction of sp³-hybridized carbons (Fsp3) is 0.895. The number of allylic oxidation sites excluding steroid dienone is 2. The van der Waals surface area contributed by atoms with Gasteiger partial charge in [0.2, 0.25) is 0 Å². The van der Waals surface area contributed by atoms with E-state index in [4.69, 9.17) is 4.74 Å². The van der Waals surface area contributed by atoms with Crippen LogP contribution in [0.1, 0.15) is 71.1 Å². The summed E-state index contributed by atoms with van der Waals surface area (Å²) >= 11 is 0. The third kappa shape index (κ3) is 6.73. The number of alkyl halides is 3. The minimum absolute atomic E-state index is 0.166. The minimum Gasteiger partial charge on any atom is -0.378 e. The highest BCUT2D eigenvalue weighted by molar-refractivity contribution is 5.03. The van der Waals surface area contributed by atoms with Gasteiger partial charge in [0.25, 0.3) is 0 Å². The summed E-state index contributed by atoms with van der Waals surface area (Å²) in [6.45, 7) is 3.08. The Morgan fingerprint density at radius 2 is 1.62 bits per heavy atom. The summed E-state index contributed by atoms with van der Waals surface area (Å²) in [6, 6.07) is 0. The van der Waals surface area contributed by atoms with Crippen LogP contribution < -0.4 is 0 Å². The molecule has 2 aliphatic rings. The number of ether oxygens (including phenoxy) is 1. The van der Waals surface area contributed by atoms with Crippen molar-refractivity contribution in [2.75, 3.05) is 6.61 Å². The molecule has 1 saturated heterocycles. The quantitative estimate of drug-likeness (QED) is 0.491. The Morgan fingerprint density at radius 3 is 2.17 bits per heavy atom. The molecule has 1 saturated carbocycles. The summed E-state index contributed by atoms with van der Waals surface area (Å²) in [5, 5.41) is 0. The fourth-order valence-electron chi connectivity index (χ4n) is 4.15. The first-order valence-electron chi connectivity index (χ1n) is 9.44. The average Bonchev–Trinajstić information content (AvgIpc) is 2.53. The predicted molar refractivity (Wildman–Crippen MR) is 87.3 cm³/mol. The van der Waals surface area contributed by atoms with Gasteiger partial charge in [-0.05, 0) is 69.6 Å². The molecule has 1 aliphatic carbocycles. The molecule has 0 radical (unpaired) electrons. The maximum absolute atomic E-state index is 13.6. The smallest absolute Gasteiger partial charge is 0.378 e. The highest BCUT2D eigenvalue weighted by Crippen LogP contribution is 2.38. The molecule has 1 aliphatic heterocycles. The number of hydrogen-bond acceptors (Lipinski definition) is 1. The first kappa shape index (κ1) is 19.7. The van der Waals surface area contributed by atoms with Gasteiger partial charge in [-0.25, -0.2) is 4.39 Å². The van der Waals surface area contributed by atoms with Gasteiger partial charge >= 0.3 is 6.18 Å². The van der Waals surface area contributed by atoms with Gasteiger partial charge in [0.05, 0.1) is 12.2 Å². The zero-order valence-electron chi connectivity index (χ0n) is 14.6. The van der Waals surface area contributed by atoms with Crippen molar-refractivity contribution < 1.29 is 22.3 Å². The first-order valence-corrected chi connectivity index (χ1v) is 9.44. The monoisotopic (exact) mass is 350 g/mol. The second-order valence-electron chi connectivity index (χ2n) is 7.55. The molecule has 5 heteroatoms. The standard InChI is InChI=1S/C19H30F4O/c1-2-3-15-7-11-17(24-13-15)10-6-14-4-8-16(9-5-14)18(20)12-19(21,22)23/h12,14-17H,2-11,13H2,1H3. The molecule has 24 heavy (non-hydrogen) atoms. The van der Waals surface area contributed by atoms with Gasteiger partial charge in [-0.2, -0.15) is 13.2 Å². The van der Waals surface area contributed by atoms with Crippen molar-refractivity contribution in [3.63, 3.8) is 0 Å². The van der Waals surface area contributed by atoms with Gasteiger partial charge < -0.3 is 4.74 Å². The van der Waals surface area contributed by atoms with E-state index in [1.54, 1.807) is 0 Å². The summed E-state index contributed by atoms with van der Waals surface area (Å²) in [6.07, 6.45) is 5.28. The summed E-state index contributed by atoms with van der Waals surface area (Å²) in [7, 11) is 0. The topological polar surface area (TPSA) is 9.23 Å². The van der Waals surface area contributed by atoms with Crippen LogP contribution in [-0.2, 0) is 4.74 Å². The highest BCUT2D eigenvalue weighted by atomic mass is 19.4. The number of hydrogen-bond donors (Lipinski definition) is 0. The molecule has 0 bridgehead atoms. The largest absolute Gasteiger partial charge is 0.412 e. The Kier molecular flexibility index (Phi) is 7.58. The van der Waals surface area contributed by atoms with Crippen LogP contribution in [0.2, 0.25) is 0 Å². The second kappa shape index (κ2) is 9.21. The van der Waals surface area contributed by atoms with E-state index in [1.165, 1.54) is 19.3 Å². The molecular weight excluding hydrogens is 320 g/mol. The SMILES string of the molecule is CCCC1CCC(CCC2CCC(C(F)=CC(F)(F)F)CC2)OC1. The molecule has 2 fully saturated rings. The van der Waals surface area contributed by atoms with Gasteiger partial charge in [0.15, 0.2) is 0 Å². The van der Waals surface area contributed by atoms with Crippen molar-refractivity contribution in [3.8, 4) is 0 Å². The summed E-state index contributed by atoms with van der Waals surface area (Å²) < 4.78 is 56.2. The number of rotatable bonds is 6. The van der Waals surface area contributed by atoms with E-state index in [9.17, 15) is 17.6 Å². The zero-order chi connectivity index (χ0) is 17.6. The van der Waals surface area contributed by atoms with Crippen LogP contribution in [0, 0.1) is 17.8 Å². The normalized spacial score (nSPS) is 32.8. The van der Waals surface area contributed by atoms with E-state index in [0.29, 0.717) is 30.8 Å². The van der Waals surface area contributed by atoms with E-state index in [-0.39, 0.29) is 6.08 Å². The molecule has 0 spiro atoms. The molecule has 140 valence electrons. The third-order valence-electron chi connectivity index (χ3n) is 5.60. The van der Waals surface area contributed by atoms with Crippen LogP contribution in [0.15, 0.2) is 11.9 Å². The zero-order valence-corrected chi connectivity index (χ0v) is 14.6. The van der Waals surface area contributed by atoms with Crippen LogP contribution >= 0.6 is 0 Å². The molecule has 0 amide bonds. The van der Waals surface area contributed by atoms with Crippen molar-refractivity contribution in [1.82, 2.24) is 0 Å². The maximum atomic E-state index is 13.6. The fourth-order valence-corrected chi connectivity index (χ4v) is 4.15. The molecule has 2 atom stereocenters. The molecule has 2 unspecified atom stereocenters. The van der Waals surface area contributed by atoms with Gasteiger partial charge in [0.1, 0.15) is 5.83 Å². The molecule has 0 aromatic heterocycles. The Bertz CT molecular complexity index is 389. The van der Waals surface area contributed by atoms with E-state index >= 15 is 0 Å². The van der Waals surface area contributed by atoms with Gasteiger partial charge in [0, 0.05) is 12.5 Å². The van der Waals surface area contributed by atoms with Crippen molar-refractivity contribution in [2.45, 2.75) is 83.4 Å². The van der Waals surface area contributed by atoms with Crippen LogP contribution in [-0.4, -0.2) is 18.9 Å². The van der Waals surface area contributed by atoms with E-state index in [2.05, 4.69) is 6.92 Å². The lowest BCUT2D eigenvalue weighted by Gasteiger charge is -2.32. The lowest BCUT2D eigenvalue weighted by molar-refractivity contribution is -0.0821. The van der Waals surface area contributed by atoms with Gasteiger partial charge in [-0.3, -0.25) is 0 Å². The lowest BCUT2D eigenvalue weighted by atomic mass is 9.78. The summed E-state index contributed by atoms with van der Waals surface area (Å²) in [4.78, 5) is 0. The second-order valence-corrected chi connectivity index (χ2v) is 7.55. The summed E-state index contributed by atoms with van der Waals surface area (Å²) in [5.41, 5.74) is 0. The lowest BCUT2D eigenvalue weighted by Crippen LogP contribution is -2.26. The molecule has 0 N–H and O–H groups in total. The highest BCUT2D eigenvalue weighted by Gasteiger charge is 2.30. The van der Waals surface area contributed by atoms with Crippen LogP contribution in [0.25, 0.3) is 0 Å². The van der Waals surface area contributed by atoms with Crippen molar-refractivity contribution in [2.24, 2.45) is 17.8 Å². The number of halogens is 4. The van der Waals surface area contributed by atoms with Gasteiger partial charge in [-0.15, -0.1) is 0 Å². The molecule has 1 nitrogen and oxygen atoms in total. The Hall–Kier alpha value is -0.580. The van der Waals surface area contributed by atoms with Crippen LogP contribution in [0.3, 0.4) is 0 Å². The van der Waals surface area contributed by atoms with Crippen molar-refractivity contribution in [3.05, 3.63) is 11.9 Å². The maximum Gasteiger partial charge on any atom is 0.412 e. The molecular formula is C19H30F4O.